The van der Waals surface area contributed by atoms with Crippen molar-refractivity contribution in [2.24, 2.45) is 0 Å². The Morgan fingerprint density at radius 1 is 1.34 bits per heavy atom. The highest BCUT2D eigenvalue weighted by atomic mass is 32.1. The molecule has 0 aliphatic carbocycles. The molecule has 7 nitrogen and oxygen atoms in total. The van der Waals surface area contributed by atoms with Gasteiger partial charge >= 0.3 is 6.18 Å². The SMILES string of the molecule is OC(COc1ccc(-c2nccs2)c2oc(N3CC4CC(C3)N4)nc12)C(F)(F)F. The number of fused-ring (bicyclic) bond motifs is 3. The van der Waals surface area contributed by atoms with Gasteiger partial charge in [0, 0.05) is 36.8 Å². The molecule has 1 aromatic carbocycles. The number of oxazole rings is 1. The van der Waals surface area contributed by atoms with Gasteiger partial charge in [0.2, 0.25) is 0 Å². The van der Waals surface area contributed by atoms with E-state index in [2.05, 4.69) is 15.3 Å². The van der Waals surface area contributed by atoms with Gasteiger partial charge in [-0.3, -0.25) is 0 Å². The normalized spacial score (nSPS) is 22.6. The number of anilines is 1. The number of ether oxygens (including phenoxy) is 1. The molecule has 11 heteroatoms. The number of hydrogen-bond donors (Lipinski definition) is 2. The van der Waals surface area contributed by atoms with Crippen molar-refractivity contribution in [3.05, 3.63) is 23.7 Å². The fourth-order valence-corrected chi connectivity index (χ4v) is 4.34. The second-order valence-corrected chi connectivity index (χ2v) is 8.09. The van der Waals surface area contributed by atoms with Crippen molar-refractivity contribution < 1.29 is 27.4 Å². The van der Waals surface area contributed by atoms with E-state index in [1.54, 1.807) is 12.3 Å². The van der Waals surface area contributed by atoms with Crippen LogP contribution in [0.4, 0.5) is 19.2 Å². The Morgan fingerprint density at radius 2 is 2.10 bits per heavy atom. The molecule has 3 unspecified atom stereocenters. The van der Waals surface area contributed by atoms with Crippen molar-refractivity contribution in [2.75, 3.05) is 24.6 Å². The summed E-state index contributed by atoms with van der Waals surface area (Å²) in [7, 11) is 0. The summed E-state index contributed by atoms with van der Waals surface area (Å²) < 4.78 is 49.2. The van der Waals surface area contributed by atoms with E-state index in [4.69, 9.17) is 9.15 Å². The summed E-state index contributed by atoms with van der Waals surface area (Å²) in [6, 6.07) is 4.39. The summed E-state index contributed by atoms with van der Waals surface area (Å²) in [4.78, 5) is 10.8. The molecule has 0 saturated carbocycles. The van der Waals surface area contributed by atoms with E-state index in [-0.39, 0.29) is 5.75 Å². The summed E-state index contributed by atoms with van der Waals surface area (Å²) in [5, 5.41) is 15.2. The third-order valence-corrected chi connectivity index (χ3v) is 5.93. The van der Waals surface area contributed by atoms with Crippen LogP contribution in [0.2, 0.25) is 0 Å². The molecule has 3 fully saturated rings. The lowest BCUT2D eigenvalue weighted by atomic mass is 9.92. The molecule has 29 heavy (non-hydrogen) atoms. The number of aliphatic hydroxyl groups is 1. The number of aromatic nitrogens is 2. The minimum atomic E-state index is -4.75. The third-order valence-electron chi connectivity index (χ3n) is 5.13. The van der Waals surface area contributed by atoms with E-state index in [1.807, 2.05) is 10.3 Å². The largest absolute Gasteiger partial charge is 0.488 e. The molecule has 2 N–H and O–H groups in total. The number of piperidine rings is 1. The molecule has 3 aromatic rings. The zero-order valence-corrected chi connectivity index (χ0v) is 15.8. The standard InChI is InChI=1S/C18H17F3N4O3S/c19-18(20,21)13(26)8-27-12-2-1-11(16-22-3-4-29-16)15-14(12)24-17(28-15)25-6-9-5-10(7-25)23-9/h1-4,9-10,13,23,26H,5-8H2. The highest BCUT2D eigenvalue weighted by Gasteiger charge is 2.40. The second kappa shape index (κ2) is 6.85. The zero-order valence-electron chi connectivity index (χ0n) is 15.0. The van der Waals surface area contributed by atoms with Gasteiger partial charge in [0.1, 0.15) is 17.4 Å². The smallest absolute Gasteiger partial charge is 0.417 e. The molecule has 154 valence electrons. The van der Waals surface area contributed by atoms with Crippen molar-refractivity contribution in [1.82, 2.24) is 15.3 Å². The fraction of sp³-hybridized carbons (Fsp3) is 0.444. The van der Waals surface area contributed by atoms with Crippen LogP contribution in [-0.4, -0.2) is 59.1 Å². The third kappa shape index (κ3) is 3.43. The number of piperazine rings is 1. The average molecular weight is 426 g/mol. The van der Waals surface area contributed by atoms with Crippen LogP contribution in [0.3, 0.4) is 0 Å². The van der Waals surface area contributed by atoms with Gasteiger partial charge in [-0.25, -0.2) is 4.98 Å². The number of hydrogen-bond acceptors (Lipinski definition) is 8. The number of thiazole rings is 1. The van der Waals surface area contributed by atoms with Crippen molar-refractivity contribution >= 4 is 28.5 Å². The first-order valence-electron chi connectivity index (χ1n) is 9.10. The highest BCUT2D eigenvalue weighted by Crippen LogP contribution is 2.39. The molecule has 6 rings (SSSR count). The minimum Gasteiger partial charge on any atom is -0.488 e. The van der Waals surface area contributed by atoms with Gasteiger partial charge in [-0.05, 0) is 18.6 Å². The maximum atomic E-state index is 12.6. The van der Waals surface area contributed by atoms with Crippen molar-refractivity contribution in [2.45, 2.75) is 30.8 Å². The summed E-state index contributed by atoms with van der Waals surface area (Å²) >= 11 is 1.42. The molecule has 0 amide bonds. The van der Waals surface area contributed by atoms with Gasteiger partial charge in [-0.2, -0.15) is 18.2 Å². The average Bonchev–Trinajstić information content (AvgIpc) is 3.34. The van der Waals surface area contributed by atoms with E-state index in [9.17, 15) is 18.3 Å². The monoisotopic (exact) mass is 426 g/mol. The van der Waals surface area contributed by atoms with Crippen LogP contribution in [-0.2, 0) is 0 Å². The van der Waals surface area contributed by atoms with E-state index < -0.39 is 18.9 Å². The second-order valence-electron chi connectivity index (χ2n) is 7.19. The van der Waals surface area contributed by atoms with Crippen LogP contribution in [0.1, 0.15) is 6.42 Å². The van der Waals surface area contributed by atoms with E-state index >= 15 is 0 Å². The number of rotatable bonds is 5. The Hall–Kier alpha value is -2.37. The number of nitrogens with one attached hydrogen (secondary N) is 1. The predicted molar refractivity (Wildman–Crippen MR) is 100 cm³/mol. The van der Waals surface area contributed by atoms with Gasteiger partial charge < -0.3 is 24.5 Å². The van der Waals surface area contributed by atoms with Crippen LogP contribution < -0.4 is 15.0 Å². The van der Waals surface area contributed by atoms with E-state index in [0.717, 1.165) is 19.5 Å². The van der Waals surface area contributed by atoms with Gasteiger partial charge in [-0.15, -0.1) is 11.3 Å². The molecule has 0 spiro atoms. The summed E-state index contributed by atoms with van der Waals surface area (Å²) in [6.07, 6.45) is -4.55. The van der Waals surface area contributed by atoms with Crippen LogP contribution in [0, 0.1) is 0 Å². The lowest BCUT2D eigenvalue weighted by molar-refractivity contribution is -0.210. The van der Waals surface area contributed by atoms with Gasteiger partial charge in [0.15, 0.2) is 17.2 Å². The Bertz CT molecular complexity index is 1010. The molecule has 2 bridgehead atoms. The lowest BCUT2D eigenvalue weighted by Crippen LogP contribution is -2.67. The maximum absolute atomic E-state index is 12.6. The minimum absolute atomic E-state index is 0.124. The topological polar surface area (TPSA) is 83.7 Å². The van der Waals surface area contributed by atoms with Crippen LogP contribution in [0.15, 0.2) is 28.1 Å². The number of aliphatic hydroxyl groups excluding tert-OH is 1. The summed E-state index contributed by atoms with van der Waals surface area (Å²) in [5.41, 5.74) is 1.41. The maximum Gasteiger partial charge on any atom is 0.417 e. The van der Waals surface area contributed by atoms with Crippen molar-refractivity contribution in [1.29, 1.82) is 0 Å². The van der Waals surface area contributed by atoms with Crippen LogP contribution in [0.25, 0.3) is 21.7 Å². The quantitative estimate of drug-likeness (QED) is 0.649. The first kappa shape index (κ1) is 18.6. The molecule has 3 aliphatic heterocycles. The molecule has 3 aliphatic rings. The Kier molecular flexibility index (Phi) is 4.41. The summed E-state index contributed by atoms with van der Waals surface area (Å²) in [6.45, 7) is 0.576. The van der Waals surface area contributed by atoms with Gasteiger partial charge in [-0.1, -0.05) is 0 Å². The van der Waals surface area contributed by atoms with Crippen LogP contribution in [0.5, 0.6) is 5.75 Å². The number of benzene rings is 1. The number of nitrogens with zero attached hydrogens (tertiary/aromatic N) is 3. The zero-order chi connectivity index (χ0) is 20.2. The molecule has 3 atom stereocenters. The molecule has 5 heterocycles. The Labute approximate surface area is 167 Å². The molecular weight excluding hydrogens is 409 g/mol. The first-order chi connectivity index (χ1) is 13.9. The van der Waals surface area contributed by atoms with Crippen molar-refractivity contribution in [3.8, 4) is 16.3 Å². The Morgan fingerprint density at radius 3 is 2.76 bits per heavy atom. The molecule has 2 aromatic heterocycles. The van der Waals surface area contributed by atoms with Crippen molar-refractivity contribution in [3.63, 3.8) is 0 Å². The first-order valence-corrected chi connectivity index (χ1v) is 9.98. The Balaban J connectivity index is 1.51. The molecule has 0 radical (unpaired) electrons. The van der Waals surface area contributed by atoms with Gasteiger partial charge in [0.25, 0.3) is 6.01 Å². The lowest BCUT2D eigenvalue weighted by Gasteiger charge is -2.47. The number of alkyl halides is 3. The fourth-order valence-electron chi connectivity index (χ4n) is 3.68. The molecular formula is C18H17F3N4O3S. The molecule has 3 saturated heterocycles. The van der Waals surface area contributed by atoms with E-state index in [0.29, 0.717) is 39.8 Å². The highest BCUT2D eigenvalue weighted by molar-refractivity contribution is 7.13. The predicted octanol–water partition coefficient (Wildman–Crippen LogP) is 2.80. The van der Waals surface area contributed by atoms with Crippen LogP contribution >= 0.6 is 11.3 Å². The van der Waals surface area contributed by atoms with E-state index in [1.165, 1.54) is 17.4 Å². The number of halogens is 3. The summed E-state index contributed by atoms with van der Waals surface area (Å²) in [5.74, 6) is 0.124. The van der Waals surface area contributed by atoms with Gasteiger partial charge in [0.05, 0.1) is 5.56 Å².